The van der Waals surface area contributed by atoms with Gasteiger partial charge in [0.15, 0.2) is 16.6 Å². The van der Waals surface area contributed by atoms with Gasteiger partial charge in [-0.2, -0.15) is 0 Å². The third-order valence-electron chi connectivity index (χ3n) is 8.08. The van der Waals surface area contributed by atoms with E-state index in [-0.39, 0.29) is 0 Å². The van der Waals surface area contributed by atoms with Crippen molar-refractivity contribution in [1.82, 2.24) is 0 Å². The number of rotatable bonds is 14. The minimum atomic E-state index is -2.22. The van der Waals surface area contributed by atoms with Gasteiger partial charge >= 0.3 is 8.56 Å². The van der Waals surface area contributed by atoms with Crippen LogP contribution < -0.4 is 20.2 Å². The minimum absolute atomic E-state index is 1.20. The monoisotopic (exact) mass is 618 g/mol. The summed E-state index contributed by atoms with van der Waals surface area (Å²) in [5, 5.41) is 3.09. The Kier molecular flexibility index (Phi) is 11.3. The smallest absolute Gasteiger partial charge is 0.311 e. The first-order valence-electron chi connectivity index (χ1n) is 14.6. The lowest BCUT2D eigenvalue weighted by Crippen LogP contribution is -2.54. The van der Waals surface area contributed by atoms with E-state index in [2.05, 4.69) is 152 Å². The molecule has 220 valence electrons. The minimum Gasteiger partial charge on any atom is -0.437 e. The molecule has 0 aliphatic carbocycles. The molecule has 0 N–H and O–H groups in total. The molecule has 0 fully saturated rings. The Morgan fingerprint density at radius 1 is 0.462 bits per heavy atom. The van der Waals surface area contributed by atoms with Crippen molar-refractivity contribution in [2.24, 2.45) is 0 Å². The van der Waals surface area contributed by atoms with Gasteiger partial charge in [0, 0.05) is 39.6 Å². The second-order valence-corrected chi connectivity index (χ2v) is 36.9. The van der Waals surface area contributed by atoms with Crippen molar-refractivity contribution in [3.63, 3.8) is 0 Å². The Labute approximate surface area is 246 Å². The van der Waals surface area contributed by atoms with E-state index >= 15 is 0 Å². The third-order valence-corrected chi connectivity index (χ3v) is 27.1. The molecule has 0 aliphatic heterocycles. The molecule has 4 nitrogen and oxygen atoms in total. The maximum absolute atomic E-state index is 7.01. The first-order valence-corrected chi connectivity index (χ1v) is 30.1. The van der Waals surface area contributed by atoms with E-state index in [0.29, 0.717) is 0 Å². The average Bonchev–Trinajstić information content (AvgIpc) is 2.80. The Morgan fingerprint density at radius 3 is 1.00 bits per heavy atom. The first-order chi connectivity index (χ1) is 17.6. The van der Waals surface area contributed by atoms with Gasteiger partial charge in [-0.1, -0.05) is 72.9 Å². The topological polar surface area (TPSA) is 24.9 Å². The van der Waals surface area contributed by atoms with E-state index in [1.165, 1.54) is 35.6 Å². The molecule has 0 saturated carbocycles. The highest BCUT2D eigenvalue weighted by molar-refractivity contribution is 6.93. The Morgan fingerprint density at radius 2 is 0.744 bits per heavy atom. The highest BCUT2D eigenvalue weighted by Crippen LogP contribution is 2.30. The van der Waals surface area contributed by atoms with Gasteiger partial charge in [-0.05, 0) is 75.6 Å². The van der Waals surface area contributed by atoms with Gasteiger partial charge in [0.2, 0.25) is 0 Å². The van der Waals surface area contributed by atoms with Crippen LogP contribution in [0.4, 0.5) is 11.4 Å². The molecular formula is C30H58N2O2Si5. The molecule has 39 heavy (non-hydrogen) atoms. The molecule has 0 bridgehead atoms. The molecule has 0 amide bonds. The summed E-state index contributed by atoms with van der Waals surface area (Å²) < 4.78 is 14.0. The van der Waals surface area contributed by atoms with Crippen molar-refractivity contribution in [2.45, 2.75) is 89.6 Å². The number of hydrogen-bond acceptors (Lipinski definition) is 4. The van der Waals surface area contributed by atoms with E-state index in [9.17, 15) is 0 Å². The van der Waals surface area contributed by atoms with Gasteiger partial charge in [-0.15, -0.1) is 0 Å². The molecule has 2 rings (SSSR count). The van der Waals surface area contributed by atoms with Gasteiger partial charge in [0.05, 0.1) is 16.1 Å². The summed E-state index contributed by atoms with van der Waals surface area (Å²) in [4.78, 5) is 4.34. The molecule has 2 aromatic rings. The van der Waals surface area contributed by atoms with Crippen LogP contribution in [0, 0.1) is 0 Å². The number of benzene rings is 2. The molecule has 0 radical (unpaired) electrons. The van der Waals surface area contributed by atoms with Crippen LogP contribution in [0.2, 0.25) is 89.6 Å². The fourth-order valence-corrected chi connectivity index (χ4v) is 29.9. The van der Waals surface area contributed by atoms with Crippen LogP contribution in [0.1, 0.15) is 0 Å². The highest BCUT2D eigenvalue weighted by Gasteiger charge is 2.41. The van der Waals surface area contributed by atoms with Crippen LogP contribution >= 0.6 is 0 Å². The summed E-state index contributed by atoms with van der Waals surface area (Å²) in [7, 11) is -0.543. The summed E-state index contributed by atoms with van der Waals surface area (Å²) in [6.45, 7) is 24.3. The molecule has 2 aromatic carbocycles. The number of anilines is 2. The molecular weight excluding hydrogens is 561 g/mol. The SMILES string of the molecule is CN(C)c1ccc([Si](C)(C)CC[Si](C)(C)O[Si](C)(C)O[Si](C)(C)CC[Si](C)(C)c2ccc(N(C)C)cc2)cc1. The summed E-state index contributed by atoms with van der Waals surface area (Å²) in [5.74, 6) is 0. The number of hydrogen-bond donors (Lipinski definition) is 0. The lowest BCUT2D eigenvalue weighted by Gasteiger charge is -2.40. The molecule has 0 aromatic heterocycles. The van der Waals surface area contributed by atoms with E-state index in [1.54, 1.807) is 10.4 Å². The van der Waals surface area contributed by atoms with Crippen molar-refractivity contribution in [1.29, 1.82) is 0 Å². The fraction of sp³-hybridized carbons (Fsp3) is 0.600. The zero-order valence-corrected chi connectivity index (χ0v) is 32.7. The molecule has 0 atom stereocenters. The molecule has 0 heterocycles. The molecule has 0 spiro atoms. The zero-order valence-electron chi connectivity index (χ0n) is 27.7. The standard InChI is InChI=1S/C30H58N2O2Si5/c1-31(2)27-15-19-29(20-16-27)35(5,6)23-25-37(9,10)33-39(13,14)34-38(11,12)26-24-36(7,8)30-21-17-28(18-22-30)32(3)4/h15-22H,23-26H2,1-14H3. The predicted molar refractivity (Wildman–Crippen MR) is 190 cm³/mol. The van der Waals surface area contributed by atoms with Crippen LogP contribution in [0.3, 0.4) is 0 Å². The van der Waals surface area contributed by atoms with Gasteiger partial charge in [-0.25, -0.2) is 0 Å². The Bertz CT molecular complexity index is 967. The molecule has 0 aliphatic rings. The largest absolute Gasteiger partial charge is 0.437 e. The van der Waals surface area contributed by atoms with Crippen LogP contribution in [0.25, 0.3) is 0 Å². The first kappa shape index (κ1) is 34.2. The lowest BCUT2D eigenvalue weighted by molar-refractivity contribution is 0.389. The van der Waals surface area contributed by atoms with Crippen molar-refractivity contribution in [2.75, 3.05) is 38.0 Å². The maximum atomic E-state index is 7.01. The van der Waals surface area contributed by atoms with Crippen LogP contribution in [0.15, 0.2) is 48.5 Å². The molecule has 0 unspecified atom stereocenters. The molecule has 9 heteroatoms. The van der Waals surface area contributed by atoms with Gasteiger partial charge < -0.3 is 18.0 Å². The Balaban J connectivity index is 1.97. The fourth-order valence-electron chi connectivity index (χ4n) is 5.39. The summed E-state index contributed by atoms with van der Waals surface area (Å²) in [6.07, 6.45) is 0. The van der Waals surface area contributed by atoms with Gasteiger partial charge in [0.1, 0.15) is 0 Å². The second-order valence-electron chi connectivity index (χ2n) is 14.8. The maximum Gasteiger partial charge on any atom is 0.311 e. The van der Waals surface area contributed by atoms with E-state index in [0.717, 1.165) is 0 Å². The number of nitrogens with zero attached hydrogens (tertiary/aromatic N) is 2. The summed E-state index contributed by atoms with van der Waals surface area (Å²) >= 11 is 0. The zero-order chi connectivity index (χ0) is 29.9. The summed E-state index contributed by atoms with van der Waals surface area (Å²) in [5.41, 5.74) is 2.54. The van der Waals surface area contributed by atoms with Crippen molar-refractivity contribution in [3.05, 3.63) is 48.5 Å². The molecule has 0 saturated heterocycles. The van der Waals surface area contributed by atoms with E-state index < -0.39 is 41.3 Å². The van der Waals surface area contributed by atoms with Crippen molar-refractivity contribution in [3.8, 4) is 0 Å². The van der Waals surface area contributed by atoms with Gasteiger partial charge in [-0.3, -0.25) is 0 Å². The quantitative estimate of drug-likeness (QED) is 0.205. The third kappa shape index (κ3) is 10.8. The van der Waals surface area contributed by atoms with E-state index in [4.69, 9.17) is 8.23 Å². The average molecular weight is 619 g/mol. The lowest BCUT2D eigenvalue weighted by atomic mass is 10.3. The van der Waals surface area contributed by atoms with Crippen LogP contribution in [-0.2, 0) is 8.23 Å². The van der Waals surface area contributed by atoms with Crippen molar-refractivity contribution < 1.29 is 8.23 Å². The van der Waals surface area contributed by atoms with Crippen LogP contribution in [-0.4, -0.2) is 69.5 Å². The second kappa shape index (κ2) is 12.9. The van der Waals surface area contributed by atoms with Crippen molar-refractivity contribution >= 4 is 63.1 Å². The van der Waals surface area contributed by atoms with E-state index in [1.807, 2.05) is 0 Å². The van der Waals surface area contributed by atoms with Gasteiger partial charge in [0.25, 0.3) is 0 Å². The summed E-state index contributed by atoms with van der Waals surface area (Å²) in [6, 6.07) is 23.4. The highest BCUT2D eigenvalue weighted by atomic mass is 28.5. The Hall–Kier alpha value is -0.956. The normalized spacial score (nSPS) is 13.5. The predicted octanol–water partition coefficient (Wildman–Crippen LogP) is 7.49. The van der Waals surface area contributed by atoms with Crippen LogP contribution in [0.5, 0.6) is 0 Å².